The molecule has 0 N–H and O–H groups in total. The van der Waals surface area contributed by atoms with E-state index in [4.69, 9.17) is 11.6 Å². The minimum absolute atomic E-state index is 0.267. The fraction of sp³-hybridized carbons (Fsp3) is 0.538. The highest BCUT2D eigenvalue weighted by Gasteiger charge is 2.29. The van der Waals surface area contributed by atoms with Crippen LogP contribution in [0.5, 0.6) is 0 Å². The molecule has 1 saturated heterocycles. The van der Waals surface area contributed by atoms with Crippen LogP contribution >= 0.6 is 27.5 Å². The molecule has 1 heterocycles. The van der Waals surface area contributed by atoms with Gasteiger partial charge in [0.05, 0.1) is 0 Å². The van der Waals surface area contributed by atoms with Gasteiger partial charge in [-0.1, -0.05) is 15.9 Å². The number of hydrogen-bond donors (Lipinski definition) is 0. The molecule has 21 heavy (non-hydrogen) atoms. The molecule has 0 amide bonds. The van der Waals surface area contributed by atoms with Crippen molar-refractivity contribution in [2.75, 3.05) is 38.6 Å². The van der Waals surface area contributed by atoms with Crippen molar-refractivity contribution in [3.8, 4) is 0 Å². The van der Waals surface area contributed by atoms with Crippen molar-refractivity contribution in [2.45, 2.75) is 11.3 Å². The Morgan fingerprint density at radius 1 is 1.24 bits per heavy atom. The monoisotopic (exact) mass is 398 g/mol. The lowest BCUT2D eigenvalue weighted by Crippen LogP contribution is -2.36. The molecule has 4 nitrogen and oxygen atoms in total. The largest absolute Gasteiger partial charge is 0.301 e. The second-order valence-electron chi connectivity index (χ2n) is 4.86. The highest BCUT2D eigenvalue weighted by Crippen LogP contribution is 2.23. The van der Waals surface area contributed by atoms with Gasteiger partial charge >= 0.3 is 0 Å². The Balaban J connectivity index is 2.19. The highest BCUT2D eigenvalue weighted by molar-refractivity contribution is 9.10. The summed E-state index contributed by atoms with van der Waals surface area (Å²) in [5.41, 5.74) is 0. The van der Waals surface area contributed by atoms with Crippen molar-refractivity contribution in [1.82, 2.24) is 9.21 Å². The van der Waals surface area contributed by atoms with Crippen LogP contribution in [-0.4, -0.2) is 56.2 Å². The number of hydrogen-bond acceptors (Lipinski definition) is 3. The van der Waals surface area contributed by atoms with Gasteiger partial charge in [0.25, 0.3) is 0 Å². The molecule has 0 saturated carbocycles. The van der Waals surface area contributed by atoms with Crippen LogP contribution in [0.15, 0.2) is 27.6 Å². The van der Waals surface area contributed by atoms with E-state index in [1.54, 1.807) is 0 Å². The van der Waals surface area contributed by atoms with Crippen molar-refractivity contribution in [3.63, 3.8) is 0 Å². The van der Waals surface area contributed by atoms with Crippen LogP contribution in [0.2, 0.25) is 0 Å². The SMILES string of the molecule is O=S(=O)(c1ccc(Br)cc1F)N1CCCN(CCCl)CC1. The maximum absolute atomic E-state index is 13.9. The quantitative estimate of drug-likeness (QED) is 0.731. The summed E-state index contributed by atoms with van der Waals surface area (Å²) in [6.07, 6.45) is 0.717. The lowest BCUT2D eigenvalue weighted by Gasteiger charge is -2.21. The third kappa shape index (κ3) is 4.16. The molecular formula is C13H17BrClFN2O2S. The van der Waals surface area contributed by atoms with Crippen LogP contribution in [0.25, 0.3) is 0 Å². The third-order valence-corrected chi connectivity index (χ3v) is 6.05. The first-order valence-corrected chi connectivity index (χ1v) is 9.45. The average Bonchev–Trinajstić information content (AvgIpc) is 2.65. The number of sulfonamides is 1. The molecule has 1 fully saturated rings. The van der Waals surface area contributed by atoms with E-state index in [1.165, 1.54) is 22.5 Å². The molecule has 8 heteroatoms. The molecular weight excluding hydrogens is 383 g/mol. The molecule has 1 aliphatic heterocycles. The van der Waals surface area contributed by atoms with Crippen molar-refractivity contribution in [3.05, 3.63) is 28.5 Å². The number of rotatable bonds is 4. The second-order valence-corrected chi connectivity index (χ2v) is 8.06. The van der Waals surface area contributed by atoms with Gasteiger partial charge in [0, 0.05) is 36.5 Å². The maximum atomic E-state index is 13.9. The summed E-state index contributed by atoms with van der Waals surface area (Å²) in [4.78, 5) is 1.86. The molecule has 1 aromatic rings. The number of alkyl halides is 1. The van der Waals surface area contributed by atoms with E-state index in [9.17, 15) is 12.8 Å². The molecule has 2 rings (SSSR count). The number of halogens is 3. The fourth-order valence-corrected chi connectivity index (χ4v) is 4.44. The predicted molar refractivity (Wildman–Crippen MR) is 84.6 cm³/mol. The second kappa shape index (κ2) is 7.37. The van der Waals surface area contributed by atoms with Crippen LogP contribution in [0, 0.1) is 5.82 Å². The number of benzene rings is 1. The molecule has 0 atom stereocenters. The van der Waals surface area contributed by atoms with Gasteiger partial charge in [0.2, 0.25) is 10.0 Å². The first-order chi connectivity index (χ1) is 9.95. The Kier molecular flexibility index (Phi) is 6.02. The summed E-state index contributed by atoms with van der Waals surface area (Å²) < 4.78 is 40.9. The van der Waals surface area contributed by atoms with Gasteiger partial charge in [-0.3, -0.25) is 0 Å². The van der Waals surface area contributed by atoms with E-state index in [-0.39, 0.29) is 4.90 Å². The van der Waals surface area contributed by atoms with Gasteiger partial charge in [-0.15, -0.1) is 11.6 Å². The summed E-state index contributed by atoms with van der Waals surface area (Å²) in [7, 11) is -3.79. The first kappa shape index (κ1) is 17.1. The fourth-order valence-electron chi connectivity index (χ4n) is 2.35. The zero-order valence-electron chi connectivity index (χ0n) is 11.4. The molecule has 0 aromatic heterocycles. The van der Waals surface area contributed by atoms with Crippen molar-refractivity contribution < 1.29 is 12.8 Å². The van der Waals surface area contributed by atoms with Gasteiger partial charge in [-0.2, -0.15) is 4.31 Å². The normalized spacial score (nSPS) is 18.6. The van der Waals surface area contributed by atoms with Crippen LogP contribution in [0.4, 0.5) is 4.39 Å². The van der Waals surface area contributed by atoms with Crippen LogP contribution in [0.1, 0.15) is 6.42 Å². The Labute approximate surface area is 138 Å². The summed E-state index contributed by atoms with van der Waals surface area (Å²) in [5.74, 6) is -0.208. The Morgan fingerprint density at radius 3 is 2.67 bits per heavy atom. The van der Waals surface area contributed by atoms with Crippen LogP contribution in [-0.2, 0) is 10.0 Å². The van der Waals surface area contributed by atoms with Crippen molar-refractivity contribution >= 4 is 37.6 Å². The molecule has 0 bridgehead atoms. The standard InChI is InChI=1S/C13H17BrClFN2O2S/c14-11-2-3-13(12(16)10-11)21(19,20)18-6-1-5-17(7-4-15)8-9-18/h2-3,10H,1,4-9H2. The third-order valence-electron chi connectivity index (χ3n) is 3.46. The van der Waals surface area contributed by atoms with E-state index in [2.05, 4.69) is 20.8 Å². The van der Waals surface area contributed by atoms with Gasteiger partial charge in [0.1, 0.15) is 10.7 Å². The molecule has 0 aliphatic carbocycles. The van der Waals surface area contributed by atoms with Crippen LogP contribution in [0.3, 0.4) is 0 Å². The zero-order valence-corrected chi connectivity index (χ0v) is 14.6. The minimum Gasteiger partial charge on any atom is -0.301 e. The zero-order chi connectivity index (χ0) is 15.5. The Morgan fingerprint density at radius 2 is 2.00 bits per heavy atom. The summed E-state index contributed by atoms with van der Waals surface area (Å²) in [5, 5.41) is 0. The molecule has 0 spiro atoms. The highest BCUT2D eigenvalue weighted by atomic mass is 79.9. The minimum atomic E-state index is -3.79. The van der Waals surface area contributed by atoms with E-state index in [0.29, 0.717) is 36.4 Å². The van der Waals surface area contributed by atoms with E-state index < -0.39 is 15.8 Å². The van der Waals surface area contributed by atoms with E-state index in [0.717, 1.165) is 13.1 Å². The van der Waals surface area contributed by atoms with E-state index in [1.807, 2.05) is 0 Å². The lowest BCUT2D eigenvalue weighted by atomic mass is 10.3. The topological polar surface area (TPSA) is 40.6 Å². The summed E-state index contributed by atoms with van der Waals surface area (Å²) in [6.45, 7) is 2.92. The smallest absolute Gasteiger partial charge is 0.246 e. The summed E-state index contributed by atoms with van der Waals surface area (Å²) in [6, 6.07) is 4.01. The molecule has 0 radical (unpaired) electrons. The molecule has 1 aromatic carbocycles. The molecule has 118 valence electrons. The molecule has 0 unspecified atom stereocenters. The van der Waals surface area contributed by atoms with Gasteiger partial charge in [-0.25, -0.2) is 12.8 Å². The predicted octanol–water partition coefficient (Wildman–Crippen LogP) is 2.52. The average molecular weight is 400 g/mol. The number of nitrogens with zero attached hydrogens (tertiary/aromatic N) is 2. The van der Waals surface area contributed by atoms with Crippen LogP contribution < -0.4 is 0 Å². The van der Waals surface area contributed by atoms with Crippen molar-refractivity contribution in [1.29, 1.82) is 0 Å². The Bertz CT molecular complexity index is 600. The van der Waals surface area contributed by atoms with E-state index >= 15 is 0 Å². The van der Waals surface area contributed by atoms with Gasteiger partial charge in [0.15, 0.2) is 0 Å². The molecule has 1 aliphatic rings. The lowest BCUT2D eigenvalue weighted by molar-refractivity contribution is 0.303. The maximum Gasteiger partial charge on any atom is 0.246 e. The van der Waals surface area contributed by atoms with Crippen molar-refractivity contribution in [2.24, 2.45) is 0 Å². The summed E-state index contributed by atoms with van der Waals surface area (Å²) >= 11 is 8.85. The first-order valence-electron chi connectivity index (χ1n) is 6.68. The van der Waals surface area contributed by atoms with Gasteiger partial charge < -0.3 is 4.90 Å². The van der Waals surface area contributed by atoms with Gasteiger partial charge in [-0.05, 0) is 31.2 Å². The Hall–Kier alpha value is -0.210.